The van der Waals surface area contributed by atoms with Crippen molar-refractivity contribution in [1.29, 1.82) is 0 Å². The van der Waals surface area contributed by atoms with Crippen molar-refractivity contribution < 1.29 is 23.7 Å². The number of esters is 1. The van der Waals surface area contributed by atoms with Crippen molar-refractivity contribution in [3.8, 4) is 17.2 Å². The van der Waals surface area contributed by atoms with E-state index < -0.39 is 11.6 Å². The minimum Gasteiger partial charge on any atom is -0.496 e. The second-order valence-corrected chi connectivity index (χ2v) is 5.32. The van der Waals surface area contributed by atoms with Gasteiger partial charge in [0.2, 0.25) is 0 Å². The molecule has 116 valence electrons. The number of carbonyl (C=O) groups is 1. The number of carbonyl (C=O) groups excluding carboxylic acids is 1. The van der Waals surface area contributed by atoms with Gasteiger partial charge in [-0.25, -0.2) is 4.79 Å². The van der Waals surface area contributed by atoms with Crippen molar-refractivity contribution in [2.24, 2.45) is 0 Å². The van der Waals surface area contributed by atoms with Crippen molar-refractivity contribution in [1.82, 2.24) is 0 Å². The Morgan fingerprint density at radius 1 is 0.952 bits per heavy atom. The van der Waals surface area contributed by atoms with Crippen LogP contribution in [0.15, 0.2) is 18.2 Å². The zero-order chi connectivity index (χ0) is 16.0. The lowest BCUT2D eigenvalue weighted by Gasteiger charge is -2.18. The molecule has 0 aliphatic carbocycles. The molecule has 0 spiro atoms. The first-order valence-corrected chi connectivity index (χ1v) is 6.51. The van der Waals surface area contributed by atoms with Gasteiger partial charge >= 0.3 is 5.97 Å². The van der Waals surface area contributed by atoms with Crippen LogP contribution in [0.4, 0.5) is 0 Å². The van der Waals surface area contributed by atoms with Crippen LogP contribution in [0.25, 0.3) is 6.08 Å². The Bertz CT molecular complexity index is 526. The molecule has 0 saturated carbocycles. The Labute approximate surface area is 125 Å². The molecule has 0 amide bonds. The number of hydrogen-bond acceptors (Lipinski definition) is 5. The molecule has 0 unspecified atom stereocenters. The van der Waals surface area contributed by atoms with Gasteiger partial charge in [0, 0.05) is 17.7 Å². The van der Waals surface area contributed by atoms with Crippen LogP contribution in [0.2, 0.25) is 0 Å². The zero-order valence-corrected chi connectivity index (χ0v) is 13.4. The molecule has 5 heteroatoms. The fourth-order valence-electron chi connectivity index (χ4n) is 1.68. The van der Waals surface area contributed by atoms with Gasteiger partial charge in [-0.2, -0.15) is 0 Å². The quantitative estimate of drug-likeness (QED) is 0.617. The van der Waals surface area contributed by atoms with Gasteiger partial charge in [0.15, 0.2) is 11.5 Å². The van der Waals surface area contributed by atoms with E-state index in [0.717, 1.165) is 0 Å². The molecule has 1 rings (SSSR count). The maximum Gasteiger partial charge on any atom is 0.331 e. The standard InChI is InChI=1S/C16H22O5/c1-16(2,3)21-15(17)8-7-11-9-13(19-5)14(20-6)10-12(11)18-4/h7-10H,1-6H3. The van der Waals surface area contributed by atoms with Crippen molar-refractivity contribution >= 4 is 12.0 Å². The van der Waals surface area contributed by atoms with E-state index >= 15 is 0 Å². The van der Waals surface area contributed by atoms with Crippen LogP contribution in [-0.4, -0.2) is 32.9 Å². The Morgan fingerprint density at radius 2 is 1.48 bits per heavy atom. The highest BCUT2D eigenvalue weighted by molar-refractivity contribution is 5.88. The van der Waals surface area contributed by atoms with Gasteiger partial charge in [-0.1, -0.05) is 0 Å². The summed E-state index contributed by atoms with van der Waals surface area (Å²) in [5.74, 6) is 1.28. The van der Waals surface area contributed by atoms with E-state index in [1.54, 1.807) is 39.5 Å². The average Bonchev–Trinajstić information content (AvgIpc) is 2.42. The lowest BCUT2D eigenvalue weighted by Crippen LogP contribution is -2.22. The summed E-state index contributed by atoms with van der Waals surface area (Å²) in [5.41, 5.74) is 0.171. The molecule has 0 radical (unpaired) electrons. The summed E-state index contributed by atoms with van der Waals surface area (Å²) >= 11 is 0. The maximum absolute atomic E-state index is 11.7. The normalized spacial score (nSPS) is 11.3. The van der Waals surface area contributed by atoms with Gasteiger partial charge in [-0.05, 0) is 32.9 Å². The molecule has 0 aromatic heterocycles. The number of hydrogen-bond donors (Lipinski definition) is 0. The summed E-state index contributed by atoms with van der Waals surface area (Å²) in [6.45, 7) is 5.45. The van der Waals surface area contributed by atoms with Crippen LogP contribution < -0.4 is 14.2 Å². The summed E-state index contributed by atoms with van der Waals surface area (Å²) in [6.07, 6.45) is 2.98. The summed E-state index contributed by atoms with van der Waals surface area (Å²) in [7, 11) is 4.64. The number of ether oxygens (including phenoxy) is 4. The molecular weight excluding hydrogens is 272 g/mol. The van der Waals surface area contributed by atoms with Crippen molar-refractivity contribution in [2.45, 2.75) is 26.4 Å². The second kappa shape index (κ2) is 7.02. The highest BCUT2D eigenvalue weighted by atomic mass is 16.6. The molecule has 1 aromatic rings. The van der Waals surface area contributed by atoms with E-state index in [4.69, 9.17) is 18.9 Å². The van der Waals surface area contributed by atoms with Crippen LogP contribution in [0.5, 0.6) is 17.2 Å². The van der Waals surface area contributed by atoms with Gasteiger partial charge < -0.3 is 18.9 Å². The first-order valence-electron chi connectivity index (χ1n) is 6.51. The van der Waals surface area contributed by atoms with Crippen LogP contribution in [-0.2, 0) is 9.53 Å². The van der Waals surface area contributed by atoms with E-state index in [9.17, 15) is 4.79 Å². The summed E-state index contributed by atoms with van der Waals surface area (Å²) in [5, 5.41) is 0. The monoisotopic (exact) mass is 294 g/mol. The van der Waals surface area contributed by atoms with Crippen LogP contribution in [0.1, 0.15) is 26.3 Å². The van der Waals surface area contributed by atoms with E-state index in [2.05, 4.69) is 0 Å². The smallest absolute Gasteiger partial charge is 0.331 e. The largest absolute Gasteiger partial charge is 0.496 e. The van der Waals surface area contributed by atoms with Gasteiger partial charge in [-0.3, -0.25) is 0 Å². The van der Waals surface area contributed by atoms with E-state index in [1.165, 1.54) is 6.08 Å². The van der Waals surface area contributed by atoms with E-state index in [1.807, 2.05) is 20.8 Å². The molecular formula is C16H22O5. The molecule has 5 nitrogen and oxygen atoms in total. The van der Waals surface area contributed by atoms with Gasteiger partial charge in [0.1, 0.15) is 11.4 Å². The third-order valence-electron chi connectivity index (χ3n) is 2.54. The number of rotatable bonds is 5. The van der Waals surface area contributed by atoms with Gasteiger partial charge in [0.25, 0.3) is 0 Å². The summed E-state index contributed by atoms with van der Waals surface area (Å²) < 4.78 is 20.9. The zero-order valence-electron chi connectivity index (χ0n) is 13.4. The molecule has 0 atom stereocenters. The van der Waals surface area contributed by atoms with E-state index in [0.29, 0.717) is 22.8 Å². The Kier molecular flexibility index (Phi) is 5.64. The highest BCUT2D eigenvalue weighted by Crippen LogP contribution is 2.35. The van der Waals surface area contributed by atoms with Crippen LogP contribution >= 0.6 is 0 Å². The molecule has 0 heterocycles. The topological polar surface area (TPSA) is 54.0 Å². The molecule has 0 fully saturated rings. The first kappa shape index (κ1) is 16.9. The van der Waals surface area contributed by atoms with E-state index in [-0.39, 0.29) is 0 Å². The fourth-order valence-corrected chi connectivity index (χ4v) is 1.68. The maximum atomic E-state index is 11.7. The predicted molar refractivity (Wildman–Crippen MR) is 81.0 cm³/mol. The highest BCUT2D eigenvalue weighted by Gasteiger charge is 2.15. The Hall–Kier alpha value is -2.17. The fraction of sp³-hybridized carbons (Fsp3) is 0.438. The molecule has 0 bridgehead atoms. The summed E-state index contributed by atoms with van der Waals surface area (Å²) in [4.78, 5) is 11.7. The van der Waals surface area contributed by atoms with Gasteiger partial charge in [0.05, 0.1) is 21.3 Å². The van der Waals surface area contributed by atoms with Crippen LogP contribution in [0, 0.1) is 0 Å². The molecule has 0 aliphatic rings. The predicted octanol–water partition coefficient (Wildman–Crippen LogP) is 3.07. The molecule has 0 saturated heterocycles. The third-order valence-corrected chi connectivity index (χ3v) is 2.54. The second-order valence-electron chi connectivity index (χ2n) is 5.32. The van der Waals surface area contributed by atoms with Gasteiger partial charge in [-0.15, -0.1) is 0 Å². The molecule has 1 aromatic carbocycles. The minimum absolute atomic E-state index is 0.417. The van der Waals surface area contributed by atoms with Crippen molar-refractivity contribution in [2.75, 3.05) is 21.3 Å². The molecule has 0 N–H and O–H groups in total. The van der Waals surface area contributed by atoms with Crippen LogP contribution in [0.3, 0.4) is 0 Å². The summed E-state index contributed by atoms with van der Waals surface area (Å²) in [6, 6.07) is 3.44. The lowest BCUT2D eigenvalue weighted by molar-refractivity contribution is -0.148. The lowest BCUT2D eigenvalue weighted by atomic mass is 10.1. The minimum atomic E-state index is -0.525. The Balaban J connectivity index is 3.04. The Morgan fingerprint density at radius 3 is 1.95 bits per heavy atom. The average molecular weight is 294 g/mol. The number of benzene rings is 1. The molecule has 21 heavy (non-hydrogen) atoms. The van der Waals surface area contributed by atoms with Crippen molar-refractivity contribution in [3.05, 3.63) is 23.8 Å². The SMILES string of the molecule is COc1cc(OC)c(OC)cc1C=CC(=O)OC(C)(C)C. The van der Waals surface area contributed by atoms with Crippen molar-refractivity contribution in [3.63, 3.8) is 0 Å². The molecule has 0 aliphatic heterocycles. The number of methoxy groups -OCH3 is 3. The third kappa shape index (κ3) is 5.02. The first-order chi connectivity index (χ1) is 9.80.